The Morgan fingerprint density at radius 1 is 0.444 bits per heavy atom. The molecule has 2 aliphatic rings. The third kappa shape index (κ3) is 13.8. The molecule has 0 aliphatic carbocycles. The van der Waals surface area contributed by atoms with E-state index in [0.717, 1.165) is 13.1 Å². The van der Waals surface area contributed by atoms with Crippen molar-refractivity contribution in [2.24, 2.45) is 0 Å². The highest BCUT2D eigenvalue weighted by molar-refractivity contribution is 5.72. The summed E-state index contributed by atoms with van der Waals surface area (Å²) in [7, 11) is 0. The molecular formula is C48H64Br2N4. The fourth-order valence-electron chi connectivity index (χ4n) is 7.92. The van der Waals surface area contributed by atoms with Crippen LogP contribution in [-0.2, 0) is 13.1 Å². The summed E-state index contributed by atoms with van der Waals surface area (Å²) in [5, 5.41) is 0. The minimum absolute atomic E-state index is 0. The Morgan fingerprint density at radius 3 is 1.15 bits per heavy atom. The molecule has 0 saturated carbocycles. The molecule has 2 saturated heterocycles. The van der Waals surface area contributed by atoms with Crippen LogP contribution in [0.25, 0.3) is 24.3 Å². The third-order valence-electron chi connectivity index (χ3n) is 11.2. The molecule has 4 aromatic rings. The molecule has 0 N–H and O–H groups in total. The lowest BCUT2D eigenvalue weighted by Gasteiger charge is -2.28. The van der Waals surface area contributed by atoms with Gasteiger partial charge in [0, 0.05) is 73.7 Å². The fourth-order valence-corrected chi connectivity index (χ4v) is 7.92. The minimum Gasteiger partial charge on any atom is -1.00 e. The van der Waals surface area contributed by atoms with Crippen molar-refractivity contribution >= 4 is 35.7 Å². The van der Waals surface area contributed by atoms with Gasteiger partial charge in [0.1, 0.15) is 13.1 Å². The first kappa shape index (κ1) is 43.5. The zero-order valence-electron chi connectivity index (χ0n) is 33.1. The minimum atomic E-state index is 0. The first-order valence-electron chi connectivity index (χ1n) is 20.7. The van der Waals surface area contributed by atoms with E-state index in [2.05, 4.69) is 143 Å². The van der Waals surface area contributed by atoms with Gasteiger partial charge in [0.05, 0.1) is 0 Å². The van der Waals surface area contributed by atoms with Crippen molar-refractivity contribution in [2.45, 2.75) is 117 Å². The van der Waals surface area contributed by atoms with Gasteiger partial charge in [0.2, 0.25) is 0 Å². The van der Waals surface area contributed by atoms with Gasteiger partial charge < -0.3 is 43.8 Å². The molecule has 2 aromatic carbocycles. The van der Waals surface area contributed by atoms with Gasteiger partial charge in [-0.1, -0.05) is 74.3 Å². The topological polar surface area (TPSA) is 14.2 Å². The van der Waals surface area contributed by atoms with E-state index in [1.807, 2.05) is 0 Å². The van der Waals surface area contributed by atoms with Gasteiger partial charge in [-0.3, -0.25) is 0 Å². The smallest absolute Gasteiger partial charge is 0.172 e. The molecule has 2 aliphatic heterocycles. The number of piperidine rings is 2. The molecule has 54 heavy (non-hydrogen) atoms. The molecule has 0 atom stereocenters. The number of benzene rings is 2. The van der Waals surface area contributed by atoms with Gasteiger partial charge in [0.25, 0.3) is 0 Å². The largest absolute Gasteiger partial charge is 1.00 e. The summed E-state index contributed by atoms with van der Waals surface area (Å²) in [5.74, 6) is 0. The molecule has 0 spiro atoms. The number of hydrogen-bond donors (Lipinski definition) is 0. The number of nitrogens with zero attached hydrogens (tertiary/aromatic N) is 4. The van der Waals surface area contributed by atoms with Crippen LogP contribution in [0.4, 0.5) is 11.4 Å². The molecule has 0 amide bonds. The molecule has 4 nitrogen and oxygen atoms in total. The second kappa shape index (κ2) is 23.6. The third-order valence-corrected chi connectivity index (χ3v) is 11.2. The van der Waals surface area contributed by atoms with Gasteiger partial charge in [-0.2, -0.15) is 0 Å². The van der Waals surface area contributed by atoms with Crippen molar-refractivity contribution in [3.05, 3.63) is 119 Å². The predicted octanol–water partition coefficient (Wildman–Crippen LogP) is 5.03. The summed E-state index contributed by atoms with van der Waals surface area (Å²) < 4.78 is 4.74. The van der Waals surface area contributed by atoms with Crippen LogP contribution in [0, 0.1) is 13.8 Å². The first-order chi connectivity index (χ1) is 25.6. The number of rotatable bonds is 17. The van der Waals surface area contributed by atoms with E-state index in [1.165, 1.54) is 161 Å². The Morgan fingerprint density at radius 2 is 0.796 bits per heavy atom. The quantitative estimate of drug-likeness (QED) is 0.110. The molecule has 4 heterocycles. The number of aryl methyl sites for hydroxylation is 4. The summed E-state index contributed by atoms with van der Waals surface area (Å²) in [4.78, 5) is 5.05. The van der Waals surface area contributed by atoms with Crippen LogP contribution in [-0.4, -0.2) is 26.2 Å². The molecule has 0 unspecified atom stereocenters. The molecule has 0 bridgehead atoms. The monoisotopic (exact) mass is 854 g/mol. The molecule has 0 radical (unpaired) electrons. The van der Waals surface area contributed by atoms with Gasteiger partial charge >= 0.3 is 0 Å². The number of unbranched alkanes of at least 4 members (excludes halogenated alkanes) is 7. The van der Waals surface area contributed by atoms with Crippen molar-refractivity contribution in [2.75, 3.05) is 36.0 Å². The molecule has 2 fully saturated rings. The number of anilines is 2. The maximum absolute atomic E-state index is 2.52. The SMILES string of the molecule is Cc1c[n+](CCCCCCCCCC[n+]2ccc(/C=C/c3ccc(N4CCCCC4)cc3)c(C)c2)ccc1/C=C/c1ccc(N2CCCCC2)cc1.[Br-].[Br-]. The molecule has 290 valence electrons. The Bertz CT molecular complexity index is 1590. The summed E-state index contributed by atoms with van der Waals surface area (Å²) in [6.45, 7) is 11.5. The Balaban J connectivity index is 0.00000325. The second-order valence-corrected chi connectivity index (χ2v) is 15.4. The van der Waals surface area contributed by atoms with Crippen molar-refractivity contribution in [1.82, 2.24) is 0 Å². The zero-order chi connectivity index (χ0) is 35.8. The number of aromatic nitrogens is 2. The summed E-state index contributed by atoms with van der Waals surface area (Å²) in [6, 6.07) is 22.7. The lowest BCUT2D eigenvalue weighted by atomic mass is 10.1. The van der Waals surface area contributed by atoms with Crippen molar-refractivity contribution in [3.8, 4) is 0 Å². The molecule has 6 heteroatoms. The van der Waals surface area contributed by atoms with Gasteiger partial charge in [-0.05, 0) is 112 Å². The second-order valence-electron chi connectivity index (χ2n) is 15.4. The van der Waals surface area contributed by atoms with E-state index in [-0.39, 0.29) is 34.0 Å². The van der Waals surface area contributed by atoms with E-state index >= 15 is 0 Å². The highest BCUT2D eigenvalue weighted by atomic mass is 79.9. The van der Waals surface area contributed by atoms with Gasteiger partial charge in [-0.25, -0.2) is 9.13 Å². The normalized spacial score (nSPS) is 14.7. The highest BCUT2D eigenvalue weighted by Gasteiger charge is 2.12. The van der Waals surface area contributed by atoms with E-state index < -0.39 is 0 Å². The van der Waals surface area contributed by atoms with Crippen LogP contribution in [0.1, 0.15) is 123 Å². The standard InChI is InChI=1S/C48H64N4.2BrH/c1-41-39-49(37-29-45(41)23-17-43-19-25-47(26-20-43)51-33-13-9-14-34-51)31-11-7-5-3-4-6-8-12-32-50-38-30-46(42(2)40-50)24-18-44-21-27-48(28-22-44)52-35-15-10-16-36-52;;/h17-30,37-40H,3-16,31-36H2,1-2H3;2*1H/q+2;;/p-2. The predicted molar refractivity (Wildman–Crippen MR) is 223 cm³/mol. The Labute approximate surface area is 348 Å². The van der Waals surface area contributed by atoms with Crippen LogP contribution in [0.15, 0.2) is 85.5 Å². The van der Waals surface area contributed by atoms with Crippen molar-refractivity contribution in [1.29, 1.82) is 0 Å². The van der Waals surface area contributed by atoms with Gasteiger partial charge in [-0.15, -0.1) is 0 Å². The highest BCUT2D eigenvalue weighted by Crippen LogP contribution is 2.23. The summed E-state index contributed by atoms with van der Waals surface area (Å²) in [5.41, 5.74) is 10.6. The number of pyridine rings is 2. The number of halogens is 2. The van der Waals surface area contributed by atoms with E-state index in [4.69, 9.17) is 0 Å². The molecule has 2 aromatic heterocycles. The molecular weight excluding hydrogens is 792 g/mol. The van der Waals surface area contributed by atoms with Crippen LogP contribution in [0.3, 0.4) is 0 Å². The summed E-state index contributed by atoms with van der Waals surface area (Å²) in [6.07, 6.45) is 36.8. The van der Waals surface area contributed by atoms with E-state index in [1.54, 1.807) is 0 Å². The fraction of sp³-hybridized carbons (Fsp3) is 0.458. The average molecular weight is 857 g/mol. The summed E-state index contributed by atoms with van der Waals surface area (Å²) >= 11 is 0. The van der Waals surface area contributed by atoms with Gasteiger partial charge in [0.15, 0.2) is 24.8 Å². The van der Waals surface area contributed by atoms with E-state index in [0.29, 0.717) is 0 Å². The maximum atomic E-state index is 2.52. The van der Waals surface area contributed by atoms with Crippen LogP contribution >= 0.6 is 0 Å². The van der Waals surface area contributed by atoms with Crippen LogP contribution in [0.2, 0.25) is 0 Å². The number of hydrogen-bond acceptors (Lipinski definition) is 2. The lowest BCUT2D eigenvalue weighted by molar-refractivity contribution is -0.697. The Hall–Kier alpha value is -3.22. The first-order valence-corrected chi connectivity index (χ1v) is 20.7. The van der Waals surface area contributed by atoms with Crippen molar-refractivity contribution in [3.63, 3.8) is 0 Å². The average Bonchev–Trinajstić information content (AvgIpc) is 3.19. The lowest BCUT2D eigenvalue weighted by Crippen LogP contribution is -3.00. The zero-order valence-corrected chi connectivity index (χ0v) is 36.3. The van der Waals surface area contributed by atoms with E-state index in [9.17, 15) is 0 Å². The van der Waals surface area contributed by atoms with Crippen LogP contribution < -0.4 is 52.9 Å². The molecule has 6 rings (SSSR count). The van der Waals surface area contributed by atoms with Crippen molar-refractivity contribution < 1.29 is 43.1 Å². The Kier molecular flexibility index (Phi) is 19.0. The maximum Gasteiger partial charge on any atom is 0.172 e. The van der Waals surface area contributed by atoms with Crippen LogP contribution in [0.5, 0.6) is 0 Å².